The highest BCUT2D eigenvalue weighted by Crippen LogP contribution is 2.44. The van der Waals surface area contributed by atoms with Crippen LogP contribution >= 0.6 is 12.4 Å². The summed E-state index contributed by atoms with van der Waals surface area (Å²) in [4.78, 5) is 14.5. The van der Waals surface area contributed by atoms with Crippen molar-refractivity contribution in [2.24, 2.45) is 11.1 Å². The molecule has 3 nitrogen and oxygen atoms in total. The van der Waals surface area contributed by atoms with E-state index >= 15 is 0 Å². The monoisotopic (exact) mass is 288 g/mol. The highest BCUT2D eigenvalue weighted by Gasteiger charge is 2.43. The lowest BCUT2D eigenvalue weighted by molar-refractivity contribution is -0.136. The fourth-order valence-electron chi connectivity index (χ4n) is 3.81. The van der Waals surface area contributed by atoms with E-state index in [-0.39, 0.29) is 18.3 Å². The molecule has 1 atom stereocenters. The van der Waals surface area contributed by atoms with Crippen LogP contribution in [-0.4, -0.2) is 29.4 Å². The minimum Gasteiger partial charge on any atom is -0.341 e. The van der Waals surface area contributed by atoms with Crippen LogP contribution in [0.5, 0.6) is 0 Å². The Morgan fingerprint density at radius 2 is 1.89 bits per heavy atom. The van der Waals surface area contributed by atoms with Gasteiger partial charge in [0.2, 0.25) is 5.91 Å². The number of hydrogen-bond acceptors (Lipinski definition) is 2. The van der Waals surface area contributed by atoms with E-state index in [1.165, 1.54) is 38.5 Å². The zero-order valence-electron chi connectivity index (χ0n) is 12.4. The van der Waals surface area contributed by atoms with Gasteiger partial charge in [-0.2, -0.15) is 0 Å². The molecule has 0 bridgehead atoms. The molecule has 1 aliphatic carbocycles. The fourth-order valence-corrected chi connectivity index (χ4v) is 3.81. The molecule has 19 heavy (non-hydrogen) atoms. The van der Waals surface area contributed by atoms with Crippen LogP contribution in [0.4, 0.5) is 0 Å². The molecule has 0 aromatic heterocycles. The lowest BCUT2D eigenvalue weighted by Gasteiger charge is -2.34. The van der Waals surface area contributed by atoms with Gasteiger partial charge in [-0.1, -0.05) is 32.6 Å². The number of halogens is 1. The van der Waals surface area contributed by atoms with Crippen LogP contribution in [0, 0.1) is 5.41 Å². The van der Waals surface area contributed by atoms with Crippen LogP contribution in [0.15, 0.2) is 0 Å². The summed E-state index contributed by atoms with van der Waals surface area (Å²) in [6, 6.07) is 0. The van der Waals surface area contributed by atoms with Crippen molar-refractivity contribution in [2.75, 3.05) is 13.1 Å². The molecule has 2 N–H and O–H groups in total. The maximum atomic E-state index is 12.5. The number of hydrogen-bond donors (Lipinski definition) is 1. The van der Waals surface area contributed by atoms with Crippen molar-refractivity contribution in [3.05, 3.63) is 0 Å². The van der Waals surface area contributed by atoms with E-state index in [0.717, 1.165) is 25.9 Å². The zero-order chi connectivity index (χ0) is 13.2. The lowest BCUT2D eigenvalue weighted by atomic mass is 9.73. The van der Waals surface area contributed by atoms with Crippen LogP contribution in [0.1, 0.15) is 65.2 Å². The second-order valence-electron chi connectivity index (χ2n) is 6.70. The van der Waals surface area contributed by atoms with Gasteiger partial charge in [0.05, 0.1) is 5.54 Å². The molecule has 0 aromatic carbocycles. The van der Waals surface area contributed by atoms with Crippen molar-refractivity contribution in [3.63, 3.8) is 0 Å². The number of amides is 1. The minimum atomic E-state index is -0.658. The minimum absolute atomic E-state index is 0. The van der Waals surface area contributed by atoms with Crippen molar-refractivity contribution in [1.82, 2.24) is 4.90 Å². The van der Waals surface area contributed by atoms with Crippen LogP contribution < -0.4 is 5.73 Å². The molecule has 2 rings (SSSR count). The van der Waals surface area contributed by atoms with Crippen molar-refractivity contribution >= 4 is 18.3 Å². The van der Waals surface area contributed by atoms with E-state index in [9.17, 15) is 4.79 Å². The summed E-state index contributed by atoms with van der Waals surface area (Å²) in [6.07, 6.45) is 9.64. The van der Waals surface area contributed by atoms with Crippen molar-refractivity contribution < 1.29 is 4.79 Å². The molecule has 1 saturated carbocycles. The molecular weight excluding hydrogens is 260 g/mol. The fraction of sp³-hybridized carbons (Fsp3) is 0.933. The number of nitrogens with two attached hydrogens (primary N) is 1. The van der Waals surface area contributed by atoms with Gasteiger partial charge in [0.15, 0.2) is 0 Å². The van der Waals surface area contributed by atoms with E-state index in [4.69, 9.17) is 5.73 Å². The summed E-state index contributed by atoms with van der Waals surface area (Å²) in [6.45, 7) is 5.87. The van der Waals surface area contributed by atoms with E-state index in [2.05, 4.69) is 6.92 Å². The number of rotatable bonds is 3. The summed E-state index contributed by atoms with van der Waals surface area (Å²) < 4.78 is 0. The maximum absolute atomic E-state index is 12.5. The van der Waals surface area contributed by atoms with Crippen LogP contribution in [-0.2, 0) is 4.79 Å². The number of likely N-dealkylation sites (tertiary alicyclic amines) is 1. The molecule has 1 aliphatic heterocycles. The zero-order valence-corrected chi connectivity index (χ0v) is 13.2. The SMILES string of the molecule is CCCC(C)(N)C(=O)N1CCC2(CCCCC2)C1.Cl. The average molecular weight is 289 g/mol. The predicted molar refractivity (Wildman–Crippen MR) is 81.5 cm³/mol. The molecule has 1 amide bonds. The van der Waals surface area contributed by atoms with Gasteiger partial charge in [0.1, 0.15) is 0 Å². The third kappa shape index (κ3) is 3.63. The van der Waals surface area contributed by atoms with Crippen molar-refractivity contribution in [3.8, 4) is 0 Å². The quantitative estimate of drug-likeness (QED) is 0.867. The second-order valence-corrected chi connectivity index (χ2v) is 6.70. The van der Waals surface area contributed by atoms with Gasteiger partial charge in [0.25, 0.3) is 0 Å². The molecule has 1 spiro atoms. The molecule has 0 radical (unpaired) electrons. The number of nitrogens with zero attached hydrogens (tertiary/aromatic N) is 1. The third-order valence-electron chi connectivity index (χ3n) is 4.90. The first kappa shape index (κ1) is 16.8. The Bertz CT molecular complexity index is 311. The Morgan fingerprint density at radius 1 is 1.26 bits per heavy atom. The highest BCUT2D eigenvalue weighted by atomic mass is 35.5. The standard InChI is InChI=1S/C15H28N2O.ClH/c1-3-7-14(2,16)13(18)17-11-10-15(12-17)8-5-4-6-9-15;/h3-12,16H2,1-2H3;1H. The topological polar surface area (TPSA) is 46.3 Å². The van der Waals surface area contributed by atoms with Gasteiger partial charge in [0, 0.05) is 13.1 Å². The van der Waals surface area contributed by atoms with Crippen molar-refractivity contribution in [2.45, 2.75) is 70.8 Å². The molecule has 1 heterocycles. The molecule has 2 fully saturated rings. The summed E-state index contributed by atoms with van der Waals surface area (Å²) in [5.74, 6) is 0.173. The van der Waals surface area contributed by atoms with E-state index in [0.29, 0.717) is 5.41 Å². The normalized spacial score (nSPS) is 24.9. The Balaban J connectivity index is 0.00000180. The molecule has 1 unspecified atom stereocenters. The summed E-state index contributed by atoms with van der Waals surface area (Å²) in [5.41, 5.74) is 5.96. The maximum Gasteiger partial charge on any atom is 0.242 e. The van der Waals surface area contributed by atoms with Crippen LogP contribution in [0.3, 0.4) is 0 Å². The Kier molecular flexibility index (Phi) is 5.69. The molecule has 2 aliphatic rings. The highest BCUT2D eigenvalue weighted by molar-refractivity contribution is 5.86. The summed E-state index contributed by atoms with van der Waals surface area (Å²) in [7, 11) is 0. The molecule has 112 valence electrons. The van der Waals surface area contributed by atoms with E-state index in [1.807, 2.05) is 11.8 Å². The molecular formula is C15H29ClN2O. The molecule has 0 aromatic rings. The van der Waals surface area contributed by atoms with Gasteiger partial charge in [-0.3, -0.25) is 4.79 Å². The van der Waals surface area contributed by atoms with E-state index < -0.39 is 5.54 Å². The first-order chi connectivity index (χ1) is 8.49. The second kappa shape index (κ2) is 6.45. The lowest BCUT2D eigenvalue weighted by Crippen LogP contribution is -2.53. The summed E-state index contributed by atoms with van der Waals surface area (Å²) in [5, 5.41) is 0. The largest absolute Gasteiger partial charge is 0.341 e. The van der Waals surface area contributed by atoms with Gasteiger partial charge in [-0.25, -0.2) is 0 Å². The number of carbonyl (C=O) groups excluding carboxylic acids is 1. The molecule has 1 saturated heterocycles. The van der Waals surface area contributed by atoms with Gasteiger partial charge >= 0.3 is 0 Å². The van der Waals surface area contributed by atoms with E-state index in [1.54, 1.807) is 0 Å². The summed E-state index contributed by atoms with van der Waals surface area (Å²) >= 11 is 0. The van der Waals surface area contributed by atoms with Crippen LogP contribution in [0.2, 0.25) is 0 Å². The number of carbonyl (C=O) groups is 1. The average Bonchev–Trinajstić information content (AvgIpc) is 2.73. The first-order valence-electron chi connectivity index (χ1n) is 7.57. The molecule has 4 heteroatoms. The predicted octanol–water partition coefficient (Wildman–Crippen LogP) is 3.11. The first-order valence-corrected chi connectivity index (χ1v) is 7.57. The Hall–Kier alpha value is -0.280. The van der Waals surface area contributed by atoms with Gasteiger partial charge in [-0.05, 0) is 38.0 Å². The van der Waals surface area contributed by atoms with Gasteiger partial charge < -0.3 is 10.6 Å². The van der Waals surface area contributed by atoms with Gasteiger partial charge in [-0.15, -0.1) is 12.4 Å². The Labute approximate surface area is 123 Å². The Morgan fingerprint density at radius 3 is 2.47 bits per heavy atom. The smallest absolute Gasteiger partial charge is 0.242 e. The van der Waals surface area contributed by atoms with Crippen LogP contribution in [0.25, 0.3) is 0 Å². The van der Waals surface area contributed by atoms with Crippen molar-refractivity contribution in [1.29, 1.82) is 0 Å². The third-order valence-corrected chi connectivity index (χ3v) is 4.90.